The van der Waals surface area contributed by atoms with E-state index in [0.29, 0.717) is 18.0 Å². The highest BCUT2D eigenvalue weighted by Crippen LogP contribution is 2.28. The van der Waals surface area contributed by atoms with Gasteiger partial charge in [0.1, 0.15) is 22.8 Å². The maximum Gasteiger partial charge on any atom is 0.339 e. The lowest BCUT2D eigenvalue weighted by atomic mass is 10.1. The average Bonchev–Trinajstić information content (AvgIpc) is 2.82. The van der Waals surface area contributed by atoms with Crippen LogP contribution >= 0.6 is 0 Å². The molecule has 0 fully saturated rings. The molecule has 2 aromatic heterocycles. The van der Waals surface area contributed by atoms with Crippen LogP contribution in [0.5, 0.6) is 0 Å². The summed E-state index contributed by atoms with van der Waals surface area (Å²) in [5.74, 6) is 0.478. The molecule has 1 N–H and O–H groups in total. The number of rotatable bonds is 4. The van der Waals surface area contributed by atoms with Gasteiger partial charge in [-0.1, -0.05) is 6.92 Å². The minimum absolute atomic E-state index is 0.215. The highest BCUT2D eigenvalue weighted by molar-refractivity contribution is 5.94. The Morgan fingerprint density at radius 2 is 2.22 bits per heavy atom. The van der Waals surface area contributed by atoms with Crippen molar-refractivity contribution in [1.29, 1.82) is 0 Å². The number of aromatic carboxylic acids is 1. The SMILES string of the molecule is CCCn1cc(C(=O)O)c(-c2cc(C)oc2C)n1. The van der Waals surface area contributed by atoms with E-state index < -0.39 is 5.97 Å². The Kier molecular flexibility index (Phi) is 3.23. The van der Waals surface area contributed by atoms with Gasteiger partial charge in [0.25, 0.3) is 0 Å². The summed E-state index contributed by atoms with van der Waals surface area (Å²) >= 11 is 0. The molecule has 0 spiro atoms. The topological polar surface area (TPSA) is 68.3 Å². The van der Waals surface area contributed by atoms with Crippen LogP contribution in [0.1, 0.15) is 35.2 Å². The second kappa shape index (κ2) is 4.68. The van der Waals surface area contributed by atoms with Crippen molar-refractivity contribution in [1.82, 2.24) is 9.78 Å². The zero-order valence-electron chi connectivity index (χ0n) is 10.7. The fourth-order valence-electron chi connectivity index (χ4n) is 1.99. The largest absolute Gasteiger partial charge is 0.478 e. The van der Waals surface area contributed by atoms with Crippen LogP contribution in [-0.4, -0.2) is 20.9 Å². The average molecular weight is 248 g/mol. The Hall–Kier alpha value is -2.04. The number of carboxylic acid groups (broad SMARTS) is 1. The van der Waals surface area contributed by atoms with Crippen LogP contribution in [0.2, 0.25) is 0 Å². The standard InChI is InChI=1S/C13H16N2O3/c1-4-5-15-7-11(13(16)17)12(14-15)10-6-8(2)18-9(10)3/h6-7H,4-5H2,1-3H3,(H,16,17). The van der Waals surface area contributed by atoms with Crippen molar-refractivity contribution < 1.29 is 14.3 Å². The summed E-state index contributed by atoms with van der Waals surface area (Å²) in [4.78, 5) is 11.2. The van der Waals surface area contributed by atoms with Crippen molar-refractivity contribution >= 4 is 5.97 Å². The van der Waals surface area contributed by atoms with E-state index in [9.17, 15) is 9.90 Å². The maximum absolute atomic E-state index is 11.2. The lowest BCUT2D eigenvalue weighted by Gasteiger charge is -1.96. The minimum atomic E-state index is -0.967. The molecule has 2 rings (SSSR count). The van der Waals surface area contributed by atoms with E-state index in [1.807, 2.05) is 26.8 Å². The van der Waals surface area contributed by atoms with Gasteiger partial charge in [0.2, 0.25) is 0 Å². The molecule has 0 saturated heterocycles. The minimum Gasteiger partial charge on any atom is -0.478 e. The second-order valence-electron chi connectivity index (χ2n) is 4.29. The molecule has 0 radical (unpaired) electrons. The van der Waals surface area contributed by atoms with E-state index in [4.69, 9.17) is 4.42 Å². The molecule has 5 nitrogen and oxygen atoms in total. The lowest BCUT2D eigenvalue weighted by Crippen LogP contribution is -1.97. The molecule has 2 aromatic rings. The first-order valence-corrected chi connectivity index (χ1v) is 5.91. The lowest BCUT2D eigenvalue weighted by molar-refractivity contribution is 0.0697. The third-order valence-corrected chi connectivity index (χ3v) is 2.74. The predicted molar refractivity (Wildman–Crippen MR) is 66.7 cm³/mol. The van der Waals surface area contributed by atoms with Crippen LogP contribution in [0.15, 0.2) is 16.7 Å². The Bertz CT molecular complexity index is 581. The second-order valence-corrected chi connectivity index (χ2v) is 4.29. The zero-order valence-corrected chi connectivity index (χ0v) is 10.7. The van der Waals surface area contributed by atoms with Gasteiger partial charge in [0.05, 0.1) is 0 Å². The predicted octanol–water partition coefficient (Wildman–Crippen LogP) is 2.87. The van der Waals surface area contributed by atoms with Crippen LogP contribution in [-0.2, 0) is 6.54 Å². The van der Waals surface area contributed by atoms with Gasteiger partial charge < -0.3 is 9.52 Å². The van der Waals surface area contributed by atoms with E-state index in [0.717, 1.165) is 17.7 Å². The molecule has 5 heteroatoms. The fraction of sp³-hybridized carbons (Fsp3) is 0.385. The number of furan rings is 1. The fourth-order valence-corrected chi connectivity index (χ4v) is 1.99. The number of nitrogens with zero attached hydrogens (tertiary/aromatic N) is 2. The normalized spacial score (nSPS) is 10.8. The molecule has 0 unspecified atom stereocenters. The number of aromatic nitrogens is 2. The maximum atomic E-state index is 11.2. The molecule has 2 heterocycles. The molecule has 0 bridgehead atoms. The third-order valence-electron chi connectivity index (χ3n) is 2.74. The number of carbonyl (C=O) groups is 1. The number of aryl methyl sites for hydroxylation is 3. The monoisotopic (exact) mass is 248 g/mol. The van der Waals surface area contributed by atoms with Crippen LogP contribution < -0.4 is 0 Å². The smallest absolute Gasteiger partial charge is 0.339 e. The highest BCUT2D eigenvalue weighted by Gasteiger charge is 2.20. The van der Waals surface area contributed by atoms with Crippen molar-refractivity contribution in [3.63, 3.8) is 0 Å². The van der Waals surface area contributed by atoms with Gasteiger partial charge >= 0.3 is 5.97 Å². The number of hydrogen-bond donors (Lipinski definition) is 1. The Labute approximate surface area is 105 Å². The van der Waals surface area contributed by atoms with E-state index in [1.54, 1.807) is 10.9 Å². The van der Waals surface area contributed by atoms with Gasteiger partial charge in [0.15, 0.2) is 0 Å². The Morgan fingerprint density at radius 3 is 2.72 bits per heavy atom. The summed E-state index contributed by atoms with van der Waals surface area (Å²) in [7, 11) is 0. The summed E-state index contributed by atoms with van der Waals surface area (Å²) in [6.07, 6.45) is 2.48. The summed E-state index contributed by atoms with van der Waals surface area (Å²) in [5.41, 5.74) is 1.44. The Morgan fingerprint density at radius 1 is 1.50 bits per heavy atom. The first-order chi connectivity index (χ1) is 8.52. The number of carboxylic acids is 1. The molecule has 0 atom stereocenters. The van der Waals surface area contributed by atoms with Crippen molar-refractivity contribution in [2.45, 2.75) is 33.7 Å². The van der Waals surface area contributed by atoms with E-state index in [2.05, 4.69) is 5.10 Å². The molecule has 0 aliphatic carbocycles. The van der Waals surface area contributed by atoms with Crippen LogP contribution in [0, 0.1) is 13.8 Å². The van der Waals surface area contributed by atoms with Gasteiger partial charge in [-0.25, -0.2) is 4.79 Å². The molecule has 0 aliphatic rings. The van der Waals surface area contributed by atoms with E-state index in [1.165, 1.54) is 0 Å². The van der Waals surface area contributed by atoms with E-state index in [-0.39, 0.29) is 5.56 Å². The summed E-state index contributed by atoms with van der Waals surface area (Å²) in [6, 6.07) is 1.82. The molecule has 0 saturated carbocycles. The van der Waals surface area contributed by atoms with Crippen LogP contribution in [0.3, 0.4) is 0 Å². The molecule has 0 aliphatic heterocycles. The molecular formula is C13H16N2O3. The molecule has 18 heavy (non-hydrogen) atoms. The third kappa shape index (κ3) is 2.16. The first-order valence-electron chi connectivity index (χ1n) is 5.91. The Balaban J connectivity index is 2.54. The summed E-state index contributed by atoms with van der Waals surface area (Å²) in [6.45, 7) is 6.37. The summed E-state index contributed by atoms with van der Waals surface area (Å²) < 4.78 is 7.10. The zero-order chi connectivity index (χ0) is 13.3. The van der Waals surface area contributed by atoms with Gasteiger partial charge in [0, 0.05) is 18.3 Å². The quantitative estimate of drug-likeness (QED) is 0.903. The van der Waals surface area contributed by atoms with Crippen LogP contribution in [0.25, 0.3) is 11.3 Å². The van der Waals surface area contributed by atoms with Gasteiger partial charge in [-0.2, -0.15) is 5.10 Å². The van der Waals surface area contributed by atoms with Gasteiger partial charge in [-0.15, -0.1) is 0 Å². The molecular weight excluding hydrogens is 232 g/mol. The van der Waals surface area contributed by atoms with Gasteiger partial charge in [-0.3, -0.25) is 4.68 Å². The first kappa shape index (κ1) is 12.4. The molecule has 96 valence electrons. The van der Waals surface area contributed by atoms with Gasteiger partial charge in [-0.05, 0) is 26.3 Å². The van der Waals surface area contributed by atoms with Crippen molar-refractivity contribution in [2.24, 2.45) is 0 Å². The van der Waals surface area contributed by atoms with Crippen molar-refractivity contribution in [3.05, 3.63) is 29.3 Å². The number of hydrogen-bond acceptors (Lipinski definition) is 3. The van der Waals surface area contributed by atoms with Crippen LogP contribution in [0.4, 0.5) is 0 Å². The molecule has 0 aromatic carbocycles. The van der Waals surface area contributed by atoms with Crippen molar-refractivity contribution in [3.8, 4) is 11.3 Å². The van der Waals surface area contributed by atoms with E-state index >= 15 is 0 Å². The summed E-state index contributed by atoms with van der Waals surface area (Å²) in [5, 5.41) is 13.6. The molecule has 0 amide bonds. The highest BCUT2D eigenvalue weighted by atomic mass is 16.4. The van der Waals surface area contributed by atoms with Crippen molar-refractivity contribution in [2.75, 3.05) is 0 Å².